The van der Waals surface area contributed by atoms with E-state index in [0.717, 1.165) is 24.9 Å². The van der Waals surface area contributed by atoms with Crippen LogP contribution in [0.5, 0.6) is 0 Å². The van der Waals surface area contributed by atoms with Crippen molar-refractivity contribution in [2.75, 3.05) is 6.54 Å². The molecule has 1 aromatic heterocycles. The molecule has 1 heterocycles. The molecule has 0 aromatic carbocycles. The third-order valence-corrected chi connectivity index (χ3v) is 3.42. The van der Waals surface area contributed by atoms with Gasteiger partial charge in [0.1, 0.15) is 0 Å². The number of rotatable bonds is 6. The van der Waals surface area contributed by atoms with E-state index in [1.165, 1.54) is 0 Å². The van der Waals surface area contributed by atoms with Gasteiger partial charge < -0.3 is 5.32 Å². The highest BCUT2D eigenvalue weighted by atomic mass is 32.1. The van der Waals surface area contributed by atoms with E-state index >= 15 is 0 Å². The molecule has 84 valence electrons. The van der Waals surface area contributed by atoms with E-state index in [-0.39, 0.29) is 5.91 Å². The van der Waals surface area contributed by atoms with Crippen molar-refractivity contribution in [2.24, 2.45) is 5.92 Å². The van der Waals surface area contributed by atoms with Crippen molar-refractivity contribution < 1.29 is 4.79 Å². The SMILES string of the molecule is CCC(CC)CNC(=O)Cc1ccsc1. The maximum atomic E-state index is 11.5. The molecule has 0 atom stereocenters. The van der Waals surface area contributed by atoms with E-state index in [1.54, 1.807) is 11.3 Å². The summed E-state index contributed by atoms with van der Waals surface area (Å²) in [5, 5.41) is 7.02. The zero-order chi connectivity index (χ0) is 11.1. The molecule has 1 aromatic rings. The fourth-order valence-corrected chi connectivity index (χ4v) is 2.15. The first-order chi connectivity index (χ1) is 7.26. The second-order valence-electron chi connectivity index (χ2n) is 3.79. The first-order valence-electron chi connectivity index (χ1n) is 5.54. The van der Waals surface area contributed by atoms with E-state index in [0.29, 0.717) is 12.3 Å². The minimum absolute atomic E-state index is 0.139. The summed E-state index contributed by atoms with van der Waals surface area (Å²) in [4.78, 5) is 11.5. The van der Waals surface area contributed by atoms with Gasteiger partial charge in [0, 0.05) is 6.54 Å². The summed E-state index contributed by atoms with van der Waals surface area (Å²) in [6.45, 7) is 5.15. The number of amides is 1. The molecule has 1 N–H and O–H groups in total. The van der Waals surface area contributed by atoms with Gasteiger partial charge in [0.05, 0.1) is 6.42 Å². The van der Waals surface area contributed by atoms with Crippen molar-refractivity contribution in [3.63, 3.8) is 0 Å². The van der Waals surface area contributed by atoms with Crippen LogP contribution in [0.1, 0.15) is 32.3 Å². The standard InChI is InChI=1S/C12H19NOS/c1-3-10(4-2)8-13-12(14)7-11-5-6-15-9-11/h5-6,9-10H,3-4,7-8H2,1-2H3,(H,13,14). The second kappa shape index (κ2) is 6.62. The average molecular weight is 225 g/mol. The maximum absolute atomic E-state index is 11.5. The molecular formula is C12H19NOS. The number of carbonyl (C=O) groups is 1. The van der Waals surface area contributed by atoms with Crippen LogP contribution in [-0.2, 0) is 11.2 Å². The Labute approximate surface area is 95.7 Å². The Hall–Kier alpha value is -0.830. The fourth-order valence-electron chi connectivity index (χ4n) is 1.48. The number of hydrogen-bond acceptors (Lipinski definition) is 2. The van der Waals surface area contributed by atoms with E-state index < -0.39 is 0 Å². The van der Waals surface area contributed by atoms with Crippen molar-refractivity contribution >= 4 is 17.2 Å². The summed E-state index contributed by atoms with van der Waals surface area (Å²) >= 11 is 1.63. The van der Waals surface area contributed by atoms with Gasteiger partial charge in [-0.1, -0.05) is 26.7 Å². The molecule has 0 radical (unpaired) electrons. The average Bonchev–Trinajstić information content (AvgIpc) is 2.72. The molecule has 0 unspecified atom stereocenters. The zero-order valence-electron chi connectivity index (χ0n) is 9.45. The zero-order valence-corrected chi connectivity index (χ0v) is 10.3. The molecular weight excluding hydrogens is 206 g/mol. The van der Waals surface area contributed by atoms with Gasteiger partial charge >= 0.3 is 0 Å². The largest absolute Gasteiger partial charge is 0.356 e. The van der Waals surface area contributed by atoms with Crippen LogP contribution in [0.15, 0.2) is 16.8 Å². The molecule has 0 saturated carbocycles. The Balaban J connectivity index is 2.24. The van der Waals surface area contributed by atoms with Crippen LogP contribution in [0.3, 0.4) is 0 Å². The molecule has 0 aliphatic carbocycles. The van der Waals surface area contributed by atoms with Crippen LogP contribution in [0.2, 0.25) is 0 Å². The molecule has 2 nitrogen and oxygen atoms in total. The highest BCUT2D eigenvalue weighted by molar-refractivity contribution is 7.07. The summed E-state index contributed by atoms with van der Waals surface area (Å²) in [5.74, 6) is 0.761. The Kier molecular flexibility index (Phi) is 5.40. The number of thiophene rings is 1. The van der Waals surface area contributed by atoms with Gasteiger partial charge in [-0.05, 0) is 28.3 Å². The third kappa shape index (κ3) is 4.47. The van der Waals surface area contributed by atoms with Crippen molar-refractivity contribution in [3.05, 3.63) is 22.4 Å². The predicted molar refractivity (Wildman–Crippen MR) is 65.1 cm³/mol. The molecule has 0 fully saturated rings. The molecule has 15 heavy (non-hydrogen) atoms. The molecule has 1 amide bonds. The number of hydrogen-bond donors (Lipinski definition) is 1. The summed E-state index contributed by atoms with van der Waals surface area (Å²) < 4.78 is 0. The molecule has 0 saturated heterocycles. The van der Waals surface area contributed by atoms with Crippen molar-refractivity contribution in [3.8, 4) is 0 Å². The van der Waals surface area contributed by atoms with Gasteiger partial charge in [-0.3, -0.25) is 4.79 Å². The Morgan fingerprint density at radius 3 is 2.73 bits per heavy atom. The highest BCUT2D eigenvalue weighted by Crippen LogP contribution is 2.07. The smallest absolute Gasteiger partial charge is 0.224 e. The monoisotopic (exact) mass is 225 g/mol. The third-order valence-electron chi connectivity index (χ3n) is 2.69. The van der Waals surface area contributed by atoms with E-state index in [4.69, 9.17) is 0 Å². The van der Waals surface area contributed by atoms with Crippen LogP contribution in [0, 0.1) is 5.92 Å². The van der Waals surface area contributed by atoms with Gasteiger partial charge in [-0.2, -0.15) is 11.3 Å². The summed E-state index contributed by atoms with van der Waals surface area (Å²) in [7, 11) is 0. The molecule has 0 bridgehead atoms. The van der Waals surface area contributed by atoms with E-state index in [9.17, 15) is 4.79 Å². The van der Waals surface area contributed by atoms with Crippen LogP contribution in [0.4, 0.5) is 0 Å². The summed E-state index contributed by atoms with van der Waals surface area (Å²) in [6.07, 6.45) is 2.79. The molecule has 0 spiro atoms. The second-order valence-corrected chi connectivity index (χ2v) is 4.58. The van der Waals surface area contributed by atoms with Gasteiger partial charge in [0.15, 0.2) is 0 Å². The van der Waals surface area contributed by atoms with Crippen molar-refractivity contribution in [1.29, 1.82) is 0 Å². The topological polar surface area (TPSA) is 29.1 Å². The van der Waals surface area contributed by atoms with Crippen LogP contribution in [0.25, 0.3) is 0 Å². The predicted octanol–water partition coefficient (Wildman–Crippen LogP) is 2.84. The number of carbonyl (C=O) groups excluding carboxylic acids is 1. The lowest BCUT2D eigenvalue weighted by Crippen LogP contribution is -2.30. The minimum Gasteiger partial charge on any atom is -0.356 e. The molecule has 3 heteroatoms. The van der Waals surface area contributed by atoms with Gasteiger partial charge in [-0.15, -0.1) is 0 Å². The Morgan fingerprint density at radius 2 is 2.20 bits per heavy atom. The highest BCUT2D eigenvalue weighted by Gasteiger charge is 2.07. The minimum atomic E-state index is 0.139. The fraction of sp³-hybridized carbons (Fsp3) is 0.583. The lowest BCUT2D eigenvalue weighted by molar-refractivity contribution is -0.120. The number of nitrogens with one attached hydrogen (secondary N) is 1. The lowest BCUT2D eigenvalue weighted by Gasteiger charge is -2.12. The van der Waals surface area contributed by atoms with Crippen LogP contribution in [-0.4, -0.2) is 12.5 Å². The Morgan fingerprint density at radius 1 is 1.47 bits per heavy atom. The van der Waals surface area contributed by atoms with Gasteiger partial charge in [0.2, 0.25) is 5.91 Å². The summed E-state index contributed by atoms with van der Waals surface area (Å²) in [6, 6.07) is 2.00. The van der Waals surface area contributed by atoms with Gasteiger partial charge in [-0.25, -0.2) is 0 Å². The maximum Gasteiger partial charge on any atom is 0.224 e. The van der Waals surface area contributed by atoms with E-state index in [1.807, 2.05) is 16.8 Å². The quantitative estimate of drug-likeness (QED) is 0.792. The first-order valence-corrected chi connectivity index (χ1v) is 6.48. The van der Waals surface area contributed by atoms with Crippen LogP contribution >= 0.6 is 11.3 Å². The van der Waals surface area contributed by atoms with Crippen molar-refractivity contribution in [2.45, 2.75) is 33.1 Å². The van der Waals surface area contributed by atoms with E-state index in [2.05, 4.69) is 19.2 Å². The summed E-state index contributed by atoms with van der Waals surface area (Å²) in [5.41, 5.74) is 1.11. The first kappa shape index (κ1) is 12.2. The normalized spacial score (nSPS) is 10.6. The van der Waals surface area contributed by atoms with Crippen LogP contribution < -0.4 is 5.32 Å². The molecule has 0 aliphatic heterocycles. The van der Waals surface area contributed by atoms with Gasteiger partial charge in [0.25, 0.3) is 0 Å². The lowest BCUT2D eigenvalue weighted by atomic mass is 10.0. The molecule has 1 rings (SSSR count). The molecule has 0 aliphatic rings. The Bertz CT molecular complexity index is 278. The van der Waals surface area contributed by atoms with Crippen molar-refractivity contribution in [1.82, 2.24) is 5.32 Å².